The number of anilines is 1. The number of piperazine rings is 1. The molecule has 106 valence electrons. The van der Waals surface area contributed by atoms with Gasteiger partial charge in [-0.1, -0.05) is 26.0 Å². The van der Waals surface area contributed by atoms with E-state index in [-0.39, 0.29) is 0 Å². The average Bonchev–Trinajstić information content (AvgIpc) is 2.39. The first-order valence-corrected chi connectivity index (χ1v) is 7.25. The largest absolute Gasteiger partial charge is 0.380 e. The van der Waals surface area contributed by atoms with E-state index in [1.807, 2.05) is 0 Å². The van der Waals surface area contributed by atoms with Crippen molar-refractivity contribution in [3.8, 4) is 0 Å². The van der Waals surface area contributed by atoms with Crippen molar-refractivity contribution < 1.29 is 4.74 Å². The first-order chi connectivity index (χ1) is 9.19. The van der Waals surface area contributed by atoms with Gasteiger partial charge < -0.3 is 15.0 Å². The monoisotopic (exact) mass is 262 g/mol. The number of rotatable bonds is 5. The second kappa shape index (κ2) is 6.92. The van der Waals surface area contributed by atoms with Crippen molar-refractivity contribution >= 4 is 5.69 Å². The lowest BCUT2D eigenvalue weighted by Gasteiger charge is -2.36. The topological polar surface area (TPSA) is 24.5 Å². The Morgan fingerprint density at radius 1 is 1.42 bits per heavy atom. The van der Waals surface area contributed by atoms with Crippen LogP contribution in [0.15, 0.2) is 24.3 Å². The zero-order valence-electron chi connectivity index (χ0n) is 12.4. The Morgan fingerprint density at radius 2 is 2.26 bits per heavy atom. The smallest absolute Gasteiger partial charge is 0.0713 e. The molecule has 0 saturated carbocycles. The molecule has 1 aromatic rings. The molecule has 1 aliphatic heterocycles. The van der Waals surface area contributed by atoms with Gasteiger partial charge in [-0.05, 0) is 30.0 Å². The summed E-state index contributed by atoms with van der Waals surface area (Å²) in [6.45, 7) is 8.54. The molecule has 1 atom stereocenters. The van der Waals surface area contributed by atoms with Crippen molar-refractivity contribution in [1.29, 1.82) is 0 Å². The third kappa shape index (κ3) is 4.22. The van der Waals surface area contributed by atoms with Crippen LogP contribution in [-0.2, 0) is 11.3 Å². The quantitative estimate of drug-likeness (QED) is 0.883. The molecule has 1 fully saturated rings. The van der Waals surface area contributed by atoms with Gasteiger partial charge in [0.05, 0.1) is 6.61 Å². The molecule has 0 aliphatic carbocycles. The summed E-state index contributed by atoms with van der Waals surface area (Å²) in [6, 6.07) is 9.32. The van der Waals surface area contributed by atoms with Crippen LogP contribution in [0.5, 0.6) is 0 Å². The Balaban J connectivity index is 2.02. The highest BCUT2D eigenvalue weighted by Crippen LogP contribution is 2.20. The first kappa shape index (κ1) is 14.4. The van der Waals surface area contributed by atoms with Gasteiger partial charge in [0.15, 0.2) is 0 Å². The van der Waals surface area contributed by atoms with Crippen LogP contribution in [0.3, 0.4) is 0 Å². The molecular formula is C16H26N2O. The summed E-state index contributed by atoms with van der Waals surface area (Å²) in [5.41, 5.74) is 2.57. The molecule has 1 N–H and O–H groups in total. The standard InChI is InChI=1S/C16H26N2O/c1-13(2)9-15-11-18(8-7-17-15)16-6-4-5-14(10-16)12-19-3/h4-6,10,13,15,17H,7-9,11-12H2,1-3H3. The molecule has 2 rings (SSSR count). The third-order valence-electron chi connectivity index (χ3n) is 3.60. The molecule has 0 amide bonds. The summed E-state index contributed by atoms with van der Waals surface area (Å²) in [7, 11) is 1.75. The molecule has 1 aliphatic rings. The zero-order valence-corrected chi connectivity index (χ0v) is 12.4. The number of methoxy groups -OCH3 is 1. The fourth-order valence-corrected chi connectivity index (χ4v) is 2.80. The van der Waals surface area contributed by atoms with E-state index in [4.69, 9.17) is 4.74 Å². The number of nitrogens with one attached hydrogen (secondary N) is 1. The molecule has 3 heteroatoms. The van der Waals surface area contributed by atoms with Crippen LogP contribution >= 0.6 is 0 Å². The number of ether oxygens (including phenoxy) is 1. The number of hydrogen-bond acceptors (Lipinski definition) is 3. The maximum Gasteiger partial charge on any atom is 0.0713 e. The fourth-order valence-electron chi connectivity index (χ4n) is 2.80. The summed E-state index contributed by atoms with van der Waals surface area (Å²) in [4.78, 5) is 2.49. The van der Waals surface area contributed by atoms with Crippen LogP contribution in [0, 0.1) is 5.92 Å². The van der Waals surface area contributed by atoms with Crippen molar-refractivity contribution in [3.63, 3.8) is 0 Å². The van der Waals surface area contributed by atoms with Gasteiger partial charge in [-0.25, -0.2) is 0 Å². The lowest BCUT2D eigenvalue weighted by molar-refractivity contribution is 0.185. The van der Waals surface area contributed by atoms with Crippen LogP contribution in [-0.4, -0.2) is 32.8 Å². The van der Waals surface area contributed by atoms with Crippen LogP contribution < -0.4 is 10.2 Å². The molecule has 0 radical (unpaired) electrons. The lowest BCUT2D eigenvalue weighted by atomic mass is 10.0. The Kier molecular flexibility index (Phi) is 5.23. The van der Waals surface area contributed by atoms with Crippen molar-refractivity contribution in [2.24, 2.45) is 5.92 Å². The highest BCUT2D eigenvalue weighted by atomic mass is 16.5. The summed E-state index contributed by atoms with van der Waals surface area (Å²) in [5.74, 6) is 0.747. The zero-order chi connectivity index (χ0) is 13.7. The summed E-state index contributed by atoms with van der Waals surface area (Å²) in [6.07, 6.45) is 1.24. The molecule has 0 aromatic heterocycles. The van der Waals surface area contributed by atoms with Gasteiger partial charge in [0.2, 0.25) is 0 Å². The number of benzene rings is 1. The Hall–Kier alpha value is -1.06. The second-order valence-electron chi connectivity index (χ2n) is 5.83. The summed E-state index contributed by atoms with van der Waals surface area (Å²) < 4.78 is 5.21. The van der Waals surface area contributed by atoms with Gasteiger partial charge in [-0.15, -0.1) is 0 Å². The molecular weight excluding hydrogens is 236 g/mol. The highest BCUT2D eigenvalue weighted by Gasteiger charge is 2.20. The molecule has 1 aromatic carbocycles. The molecule has 1 heterocycles. The van der Waals surface area contributed by atoms with Crippen molar-refractivity contribution in [2.45, 2.75) is 32.9 Å². The van der Waals surface area contributed by atoms with Crippen molar-refractivity contribution in [2.75, 3.05) is 31.6 Å². The van der Waals surface area contributed by atoms with Gasteiger partial charge in [-0.2, -0.15) is 0 Å². The minimum atomic E-state index is 0.611. The number of hydrogen-bond donors (Lipinski definition) is 1. The van der Waals surface area contributed by atoms with E-state index in [1.54, 1.807) is 7.11 Å². The van der Waals surface area contributed by atoms with E-state index in [9.17, 15) is 0 Å². The van der Waals surface area contributed by atoms with Gasteiger partial charge in [0.25, 0.3) is 0 Å². The van der Waals surface area contributed by atoms with E-state index >= 15 is 0 Å². The van der Waals surface area contributed by atoms with Crippen LogP contribution in [0.1, 0.15) is 25.8 Å². The molecule has 0 bridgehead atoms. The predicted molar refractivity (Wildman–Crippen MR) is 80.6 cm³/mol. The van der Waals surface area contributed by atoms with Crippen LogP contribution in [0.4, 0.5) is 5.69 Å². The van der Waals surface area contributed by atoms with E-state index in [0.717, 1.165) is 25.6 Å². The van der Waals surface area contributed by atoms with E-state index in [1.165, 1.54) is 17.7 Å². The lowest BCUT2D eigenvalue weighted by Crippen LogP contribution is -2.51. The first-order valence-electron chi connectivity index (χ1n) is 7.25. The molecule has 1 saturated heterocycles. The SMILES string of the molecule is COCc1cccc(N2CCNC(CC(C)C)C2)c1. The van der Waals surface area contributed by atoms with Gasteiger partial charge in [0.1, 0.15) is 0 Å². The van der Waals surface area contributed by atoms with Gasteiger partial charge >= 0.3 is 0 Å². The summed E-state index contributed by atoms with van der Waals surface area (Å²) >= 11 is 0. The highest BCUT2D eigenvalue weighted by molar-refractivity contribution is 5.49. The molecule has 19 heavy (non-hydrogen) atoms. The Morgan fingerprint density at radius 3 is 3.00 bits per heavy atom. The number of nitrogens with zero attached hydrogens (tertiary/aromatic N) is 1. The van der Waals surface area contributed by atoms with E-state index < -0.39 is 0 Å². The Labute approximate surface area is 116 Å². The molecule has 0 spiro atoms. The fraction of sp³-hybridized carbons (Fsp3) is 0.625. The predicted octanol–water partition coefficient (Wildman–Crippen LogP) is 2.66. The Bertz CT molecular complexity index is 392. The van der Waals surface area contributed by atoms with Crippen molar-refractivity contribution in [1.82, 2.24) is 5.32 Å². The molecule has 1 unspecified atom stereocenters. The third-order valence-corrected chi connectivity index (χ3v) is 3.60. The average molecular weight is 262 g/mol. The van der Waals surface area contributed by atoms with Crippen molar-refractivity contribution in [3.05, 3.63) is 29.8 Å². The molecule has 3 nitrogen and oxygen atoms in total. The van der Waals surface area contributed by atoms with Crippen LogP contribution in [0.25, 0.3) is 0 Å². The van der Waals surface area contributed by atoms with Crippen LogP contribution in [0.2, 0.25) is 0 Å². The maximum absolute atomic E-state index is 5.21. The van der Waals surface area contributed by atoms with E-state index in [2.05, 4.69) is 48.3 Å². The maximum atomic E-state index is 5.21. The minimum Gasteiger partial charge on any atom is -0.380 e. The summed E-state index contributed by atoms with van der Waals surface area (Å²) in [5, 5.41) is 3.62. The normalized spacial score (nSPS) is 20.0. The second-order valence-corrected chi connectivity index (χ2v) is 5.83. The van der Waals surface area contributed by atoms with Gasteiger partial charge in [0, 0.05) is 38.5 Å². The minimum absolute atomic E-state index is 0.611. The van der Waals surface area contributed by atoms with Gasteiger partial charge in [-0.3, -0.25) is 0 Å². The van der Waals surface area contributed by atoms with E-state index in [0.29, 0.717) is 12.6 Å².